The van der Waals surface area contributed by atoms with Crippen molar-refractivity contribution in [3.05, 3.63) is 45.1 Å². The zero-order chi connectivity index (χ0) is 12.8. The highest BCUT2D eigenvalue weighted by Gasteiger charge is 2.21. The normalized spacial score (nSPS) is 14.9. The predicted molar refractivity (Wildman–Crippen MR) is 78.1 cm³/mol. The van der Waals surface area contributed by atoms with Gasteiger partial charge < -0.3 is 9.32 Å². The predicted octanol–water partition coefficient (Wildman–Crippen LogP) is 4.11. The zero-order valence-corrected chi connectivity index (χ0v) is 11.7. The van der Waals surface area contributed by atoms with Crippen molar-refractivity contribution in [2.45, 2.75) is 13.0 Å². The van der Waals surface area contributed by atoms with E-state index in [2.05, 4.69) is 21.3 Å². The average Bonchev–Trinajstić information content (AvgIpc) is 3.02. The molecular formula is C14H11ClN2OS. The number of aromatic nitrogens is 1. The number of thiophene rings is 1. The summed E-state index contributed by atoms with van der Waals surface area (Å²) in [6.45, 7) is 1.83. The molecular weight excluding hydrogens is 280 g/mol. The van der Waals surface area contributed by atoms with Crippen LogP contribution in [0.3, 0.4) is 0 Å². The number of benzene rings is 1. The lowest BCUT2D eigenvalue weighted by atomic mass is 10.1. The number of rotatable bonds is 1. The maximum absolute atomic E-state index is 5.97. The SMILES string of the molecule is Clc1ccc2nc(N3CCc4sccc4C3)oc2c1. The van der Waals surface area contributed by atoms with Gasteiger partial charge in [0.1, 0.15) is 5.52 Å². The first-order valence-corrected chi connectivity index (χ1v) is 7.42. The summed E-state index contributed by atoms with van der Waals surface area (Å²) >= 11 is 7.80. The van der Waals surface area contributed by atoms with Crippen LogP contribution in [0.5, 0.6) is 0 Å². The second-order valence-electron chi connectivity index (χ2n) is 4.65. The van der Waals surface area contributed by atoms with Crippen LogP contribution in [-0.4, -0.2) is 11.5 Å². The minimum atomic E-state index is 0.675. The molecule has 3 aromatic rings. The third kappa shape index (κ3) is 1.91. The van der Waals surface area contributed by atoms with Gasteiger partial charge in [0.25, 0.3) is 6.01 Å². The summed E-state index contributed by atoms with van der Waals surface area (Å²) in [6, 6.07) is 8.42. The maximum Gasteiger partial charge on any atom is 0.298 e. The van der Waals surface area contributed by atoms with Crippen LogP contribution in [0.15, 0.2) is 34.1 Å². The standard InChI is InChI=1S/C14H11ClN2OS/c15-10-1-2-11-12(7-10)18-14(16-11)17-5-3-13-9(8-17)4-6-19-13/h1-2,4,6-7H,3,5,8H2. The summed E-state index contributed by atoms with van der Waals surface area (Å²) in [6.07, 6.45) is 1.06. The largest absolute Gasteiger partial charge is 0.423 e. The molecule has 3 nitrogen and oxygen atoms in total. The molecule has 1 aromatic carbocycles. The Kier molecular flexibility index (Phi) is 2.53. The number of hydrogen-bond acceptors (Lipinski definition) is 4. The van der Waals surface area contributed by atoms with E-state index in [9.17, 15) is 0 Å². The minimum absolute atomic E-state index is 0.675. The van der Waals surface area contributed by atoms with Crippen molar-refractivity contribution >= 4 is 40.1 Å². The number of halogens is 1. The number of oxazole rings is 1. The van der Waals surface area contributed by atoms with Gasteiger partial charge in [0.15, 0.2) is 5.58 Å². The van der Waals surface area contributed by atoms with Gasteiger partial charge >= 0.3 is 0 Å². The monoisotopic (exact) mass is 290 g/mol. The van der Waals surface area contributed by atoms with Crippen molar-refractivity contribution in [3.8, 4) is 0 Å². The number of nitrogens with zero attached hydrogens (tertiary/aromatic N) is 2. The molecule has 1 aliphatic heterocycles. The van der Waals surface area contributed by atoms with Gasteiger partial charge in [-0.15, -0.1) is 11.3 Å². The lowest BCUT2D eigenvalue weighted by Crippen LogP contribution is -2.29. The average molecular weight is 291 g/mol. The molecule has 5 heteroatoms. The molecule has 0 radical (unpaired) electrons. The van der Waals surface area contributed by atoms with E-state index >= 15 is 0 Å². The molecule has 0 unspecified atom stereocenters. The quantitative estimate of drug-likeness (QED) is 0.675. The van der Waals surface area contributed by atoms with E-state index in [4.69, 9.17) is 16.0 Å². The molecule has 0 aliphatic carbocycles. The lowest BCUT2D eigenvalue weighted by molar-refractivity contribution is 0.556. The van der Waals surface area contributed by atoms with Gasteiger partial charge in [-0.2, -0.15) is 4.98 Å². The van der Waals surface area contributed by atoms with Gasteiger partial charge in [-0.1, -0.05) is 11.6 Å². The summed E-state index contributed by atoms with van der Waals surface area (Å²) in [5.41, 5.74) is 2.99. The smallest absolute Gasteiger partial charge is 0.298 e. The van der Waals surface area contributed by atoms with Gasteiger partial charge in [-0.3, -0.25) is 0 Å². The van der Waals surface area contributed by atoms with Crippen LogP contribution in [0.1, 0.15) is 10.4 Å². The molecule has 0 saturated carbocycles. The first-order chi connectivity index (χ1) is 9.29. The van der Waals surface area contributed by atoms with Gasteiger partial charge in [-0.25, -0.2) is 0 Å². The lowest BCUT2D eigenvalue weighted by Gasteiger charge is -2.25. The summed E-state index contributed by atoms with van der Waals surface area (Å²) < 4.78 is 5.81. The molecule has 0 saturated heterocycles. The molecule has 19 heavy (non-hydrogen) atoms. The number of anilines is 1. The first kappa shape index (κ1) is 11.3. The van der Waals surface area contributed by atoms with Crippen molar-refractivity contribution in [3.63, 3.8) is 0 Å². The van der Waals surface area contributed by atoms with Crippen molar-refractivity contribution < 1.29 is 4.42 Å². The Labute approximate surface area is 119 Å². The topological polar surface area (TPSA) is 29.3 Å². The van der Waals surface area contributed by atoms with E-state index in [-0.39, 0.29) is 0 Å². The van der Waals surface area contributed by atoms with Crippen LogP contribution < -0.4 is 4.90 Å². The minimum Gasteiger partial charge on any atom is -0.423 e. The Morgan fingerprint density at radius 3 is 3.21 bits per heavy atom. The molecule has 3 heterocycles. The fourth-order valence-electron chi connectivity index (χ4n) is 2.43. The molecule has 96 valence electrons. The highest BCUT2D eigenvalue weighted by atomic mass is 35.5. The Morgan fingerprint density at radius 1 is 1.32 bits per heavy atom. The van der Waals surface area contributed by atoms with Gasteiger partial charge in [0, 0.05) is 29.1 Å². The highest BCUT2D eigenvalue weighted by Crippen LogP contribution is 2.30. The molecule has 2 aromatic heterocycles. The summed E-state index contributed by atoms with van der Waals surface area (Å²) in [4.78, 5) is 8.20. The Balaban J connectivity index is 1.71. The second kappa shape index (κ2) is 4.25. The fraction of sp³-hybridized carbons (Fsp3) is 0.214. The van der Waals surface area contributed by atoms with Crippen molar-refractivity contribution in [1.29, 1.82) is 0 Å². The van der Waals surface area contributed by atoms with E-state index in [0.717, 1.165) is 30.6 Å². The molecule has 1 aliphatic rings. The number of hydrogen-bond donors (Lipinski definition) is 0. The first-order valence-electron chi connectivity index (χ1n) is 6.16. The van der Waals surface area contributed by atoms with Gasteiger partial charge in [0.2, 0.25) is 0 Å². The maximum atomic E-state index is 5.97. The summed E-state index contributed by atoms with van der Waals surface area (Å²) in [5.74, 6) is 0. The van der Waals surface area contributed by atoms with Crippen molar-refractivity contribution in [2.24, 2.45) is 0 Å². The Hall–Kier alpha value is -1.52. The van der Waals surface area contributed by atoms with E-state index < -0.39 is 0 Å². The van der Waals surface area contributed by atoms with Crippen molar-refractivity contribution in [2.75, 3.05) is 11.4 Å². The fourth-order valence-corrected chi connectivity index (χ4v) is 3.49. The summed E-state index contributed by atoms with van der Waals surface area (Å²) in [7, 11) is 0. The van der Waals surface area contributed by atoms with Crippen LogP contribution in [0.4, 0.5) is 6.01 Å². The van der Waals surface area contributed by atoms with Crippen LogP contribution in [0, 0.1) is 0 Å². The highest BCUT2D eigenvalue weighted by molar-refractivity contribution is 7.10. The zero-order valence-electron chi connectivity index (χ0n) is 10.1. The van der Waals surface area contributed by atoms with E-state index in [1.807, 2.05) is 29.5 Å². The second-order valence-corrected chi connectivity index (χ2v) is 6.09. The molecule has 0 N–H and O–H groups in total. The number of fused-ring (bicyclic) bond motifs is 2. The van der Waals surface area contributed by atoms with Crippen LogP contribution >= 0.6 is 22.9 Å². The van der Waals surface area contributed by atoms with Crippen LogP contribution in [0.25, 0.3) is 11.1 Å². The van der Waals surface area contributed by atoms with Crippen molar-refractivity contribution in [1.82, 2.24) is 4.98 Å². The Morgan fingerprint density at radius 2 is 2.26 bits per heavy atom. The molecule has 0 amide bonds. The van der Waals surface area contributed by atoms with Gasteiger partial charge in [-0.05, 0) is 35.6 Å². The van der Waals surface area contributed by atoms with E-state index in [0.29, 0.717) is 11.0 Å². The van der Waals surface area contributed by atoms with Gasteiger partial charge in [0.05, 0.1) is 0 Å². The van der Waals surface area contributed by atoms with Crippen LogP contribution in [-0.2, 0) is 13.0 Å². The van der Waals surface area contributed by atoms with Crippen LogP contribution in [0.2, 0.25) is 5.02 Å². The third-order valence-corrected chi connectivity index (χ3v) is 4.68. The molecule has 0 fully saturated rings. The molecule has 4 rings (SSSR count). The van der Waals surface area contributed by atoms with E-state index in [1.165, 1.54) is 10.4 Å². The molecule has 0 atom stereocenters. The summed E-state index contributed by atoms with van der Waals surface area (Å²) in [5, 5.41) is 2.83. The Bertz CT molecular complexity index is 749. The third-order valence-electron chi connectivity index (χ3n) is 3.42. The molecule has 0 bridgehead atoms. The molecule has 0 spiro atoms. The van der Waals surface area contributed by atoms with E-state index in [1.54, 1.807) is 0 Å².